The van der Waals surface area contributed by atoms with Crippen LogP contribution in [0.15, 0.2) is 23.3 Å². The third-order valence-corrected chi connectivity index (χ3v) is 3.70. The maximum atomic E-state index is 2.45. The van der Waals surface area contributed by atoms with Crippen LogP contribution in [0.5, 0.6) is 0 Å². The molecule has 1 fully saturated rings. The molecule has 0 heterocycles. The second-order valence-corrected chi connectivity index (χ2v) is 4.98. The Balaban J connectivity index is 2.14. The summed E-state index contributed by atoms with van der Waals surface area (Å²) in [5.74, 6) is 0. The molecule has 0 bridgehead atoms. The van der Waals surface area contributed by atoms with Gasteiger partial charge in [0.1, 0.15) is 0 Å². The lowest BCUT2D eigenvalue weighted by atomic mass is 9.71. The van der Waals surface area contributed by atoms with Gasteiger partial charge in [-0.25, -0.2) is 0 Å². The van der Waals surface area contributed by atoms with Crippen LogP contribution in [0.3, 0.4) is 0 Å². The lowest BCUT2D eigenvalue weighted by Gasteiger charge is -2.34. The van der Waals surface area contributed by atoms with Crippen molar-refractivity contribution in [3.8, 4) is 0 Å². The van der Waals surface area contributed by atoms with Crippen LogP contribution in [-0.4, -0.2) is 0 Å². The molecule has 0 heteroatoms. The average Bonchev–Trinajstić information content (AvgIpc) is 2.54. The zero-order chi connectivity index (χ0) is 9.31. The Labute approximate surface area is 81.7 Å². The fourth-order valence-corrected chi connectivity index (χ4v) is 2.70. The molecule has 0 nitrogen and oxygen atoms in total. The van der Waals surface area contributed by atoms with E-state index in [1.165, 1.54) is 38.5 Å². The molecular weight excluding hydrogens is 156 g/mol. The van der Waals surface area contributed by atoms with Crippen LogP contribution in [0.1, 0.15) is 52.4 Å². The average molecular weight is 176 g/mol. The second kappa shape index (κ2) is 3.32. The number of rotatable bonds is 1. The van der Waals surface area contributed by atoms with Gasteiger partial charge >= 0.3 is 0 Å². The van der Waals surface area contributed by atoms with E-state index in [-0.39, 0.29) is 0 Å². The fraction of sp³-hybridized carbons (Fsp3) is 0.692. The van der Waals surface area contributed by atoms with Gasteiger partial charge < -0.3 is 0 Å². The SMILES string of the molecule is CC1=CC(C2(C)CCCCC2)=CC1. The van der Waals surface area contributed by atoms with Gasteiger partial charge in [-0.05, 0) is 37.2 Å². The van der Waals surface area contributed by atoms with Gasteiger partial charge in [0.2, 0.25) is 0 Å². The quantitative estimate of drug-likeness (QED) is 0.560. The molecule has 0 atom stereocenters. The summed E-state index contributed by atoms with van der Waals surface area (Å²) in [5.41, 5.74) is 3.70. The third kappa shape index (κ3) is 1.72. The zero-order valence-electron chi connectivity index (χ0n) is 8.90. The summed E-state index contributed by atoms with van der Waals surface area (Å²) in [6.07, 6.45) is 13.2. The molecule has 0 aromatic heterocycles. The van der Waals surface area contributed by atoms with Crippen molar-refractivity contribution in [2.75, 3.05) is 0 Å². The van der Waals surface area contributed by atoms with Gasteiger partial charge in [-0.1, -0.05) is 43.9 Å². The van der Waals surface area contributed by atoms with Crippen LogP contribution in [0.25, 0.3) is 0 Å². The fourth-order valence-electron chi connectivity index (χ4n) is 2.70. The highest BCUT2D eigenvalue weighted by Gasteiger charge is 2.30. The van der Waals surface area contributed by atoms with E-state index >= 15 is 0 Å². The molecular formula is C13H20. The van der Waals surface area contributed by atoms with Crippen molar-refractivity contribution < 1.29 is 0 Å². The smallest absolute Gasteiger partial charge is 0.00783 e. The summed E-state index contributed by atoms with van der Waals surface area (Å²) in [7, 11) is 0. The van der Waals surface area contributed by atoms with Gasteiger partial charge in [0.15, 0.2) is 0 Å². The Morgan fingerprint density at radius 3 is 2.38 bits per heavy atom. The topological polar surface area (TPSA) is 0 Å². The number of hydrogen-bond acceptors (Lipinski definition) is 0. The first-order valence-electron chi connectivity index (χ1n) is 5.58. The van der Waals surface area contributed by atoms with Crippen LogP contribution < -0.4 is 0 Å². The van der Waals surface area contributed by atoms with E-state index in [1.54, 1.807) is 11.1 Å². The molecule has 0 spiro atoms. The minimum Gasteiger partial charge on any atom is -0.0767 e. The molecule has 0 aromatic carbocycles. The van der Waals surface area contributed by atoms with Crippen LogP contribution in [0, 0.1) is 5.41 Å². The molecule has 13 heavy (non-hydrogen) atoms. The molecule has 0 aliphatic heterocycles. The zero-order valence-corrected chi connectivity index (χ0v) is 8.90. The van der Waals surface area contributed by atoms with E-state index in [0.29, 0.717) is 5.41 Å². The highest BCUT2D eigenvalue weighted by molar-refractivity contribution is 5.36. The highest BCUT2D eigenvalue weighted by atomic mass is 14.3. The van der Waals surface area contributed by atoms with Crippen LogP contribution in [0.2, 0.25) is 0 Å². The molecule has 72 valence electrons. The third-order valence-electron chi connectivity index (χ3n) is 3.70. The van der Waals surface area contributed by atoms with E-state index in [9.17, 15) is 0 Å². The van der Waals surface area contributed by atoms with Gasteiger partial charge in [0.25, 0.3) is 0 Å². The summed E-state index contributed by atoms with van der Waals surface area (Å²) in [5, 5.41) is 0. The molecule has 0 amide bonds. The highest BCUT2D eigenvalue weighted by Crippen LogP contribution is 2.44. The van der Waals surface area contributed by atoms with Gasteiger partial charge in [-0.2, -0.15) is 0 Å². The van der Waals surface area contributed by atoms with E-state index in [2.05, 4.69) is 26.0 Å². The van der Waals surface area contributed by atoms with Gasteiger partial charge in [-0.3, -0.25) is 0 Å². The first-order valence-corrected chi connectivity index (χ1v) is 5.58. The molecule has 1 saturated carbocycles. The Hall–Kier alpha value is -0.520. The van der Waals surface area contributed by atoms with Gasteiger partial charge in [0.05, 0.1) is 0 Å². The van der Waals surface area contributed by atoms with E-state index in [4.69, 9.17) is 0 Å². The van der Waals surface area contributed by atoms with E-state index < -0.39 is 0 Å². The first-order chi connectivity index (χ1) is 6.21. The molecule has 2 aliphatic rings. The van der Waals surface area contributed by atoms with Crippen molar-refractivity contribution in [2.45, 2.75) is 52.4 Å². The molecule has 0 N–H and O–H groups in total. The second-order valence-electron chi connectivity index (χ2n) is 4.98. The minimum absolute atomic E-state index is 0.524. The van der Waals surface area contributed by atoms with Crippen molar-refractivity contribution in [2.24, 2.45) is 5.41 Å². The molecule has 2 rings (SSSR count). The van der Waals surface area contributed by atoms with Gasteiger partial charge in [-0.15, -0.1) is 0 Å². The predicted octanol–water partition coefficient (Wildman–Crippen LogP) is 4.23. The summed E-state index contributed by atoms with van der Waals surface area (Å²) < 4.78 is 0. The Morgan fingerprint density at radius 2 is 1.85 bits per heavy atom. The van der Waals surface area contributed by atoms with Crippen molar-refractivity contribution in [3.05, 3.63) is 23.3 Å². The Morgan fingerprint density at radius 1 is 1.15 bits per heavy atom. The van der Waals surface area contributed by atoms with Crippen molar-refractivity contribution >= 4 is 0 Å². The monoisotopic (exact) mass is 176 g/mol. The number of allylic oxidation sites excluding steroid dienone is 4. The molecule has 0 radical (unpaired) electrons. The largest absolute Gasteiger partial charge is 0.0767 e. The van der Waals surface area contributed by atoms with E-state index in [1.807, 2.05) is 0 Å². The van der Waals surface area contributed by atoms with Gasteiger partial charge in [0, 0.05) is 0 Å². The first kappa shape index (κ1) is 9.05. The Bertz CT molecular complexity index is 249. The molecule has 2 aliphatic carbocycles. The van der Waals surface area contributed by atoms with Crippen molar-refractivity contribution in [1.82, 2.24) is 0 Å². The molecule has 0 aromatic rings. The van der Waals surface area contributed by atoms with Crippen LogP contribution in [-0.2, 0) is 0 Å². The normalized spacial score (nSPS) is 26.9. The van der Waals surface area contributed by atoms with E-state index in [0.717, 1.165) is 0 Å². The lowest BCUT2D eigenvalue weighted by molar-refractivity contribution is 0.273. The standard InChI is InChI=1S/C13H20/c1-11-6-7-12(10-11)13(2)8-4-3-5-9-13/h7,10H,3-6,8-9H2,1-2H3. The molecule has 0 unspecified atom stereocenters. The summed E-state index contributed by atoms with van der Waals surface area (Å²) in [6.45, 7) is 4.70. The number of hydrogen-bond donors (Lipinski definition) is 0. The maximum Gasteiger partial charge on any atom is -0.00783 e. The minimum atomic E-state index is 0.524. The maximum absolute atomic E-state index is 2.45. The summed E-state index contributed by atoms with van der Waals surface area (Å²) in [6, 6.07) is 0. The predicted molar refractivity (Wildman–Crippen MR) is 57.6 cm³/mol. The summed E-state index contributed by atoms with van der Waals surface area (Å²) >= 11 is 0. The van der Waals surface area contributed by atoms with Crippen LogP contribution >= 0.6 is 0 Å². The lowest BCUT2D eigenvalue weighted by Crippen LogP contribution is -2.21. The van der Waals surface area contributed by atoms with Crippen molar-refractivity contribution in [3.63, 3.8) is 0 Å². The van der Waals surface area contributed by atoms with Crippen molar-refractivity contribution in [1.29, 1.82) is 0 Å². The molecule has 0 saturated heterocycles. The summed E-state index contributed by atoms with van der Waals surface area (Å²) in [4.78, 5) is 0. The Kier molecular flexibility index (Phi) is 2.31. The van der Waals surface area contributed by atoms with Crippen LogP contribution in [0.4, 0.5) is 0 Å².